The quantitative estimate of drug-likeness (QED) is 0.537. The maximum Gasteiger partial charge on any atom is 0.256 e. The van der Waals surface area contributed by atoms with Crippen LogP contribution in [-0.2, 0) is 16.0 Å². The van der Waals surface area contributed by atoms with Gasteiger partial charge >= 0.3 is 0 Å². The molecule has 6 nitrogen and oxygen atoms in total. The maximum atomic E-state index is 12.9. The summed E-state index contributed by atoms with van der Waals surface area (Å²) < 4.78 is 0. The van der Waals surface area contributed by atoms with Crippen LogP contribution in [0.1, 0.15) is 54.4 Å². The number of carbonyl (C=O) groups is 3. The molecular formula is C25H29N3O3S. The molecule has 2 aliphatic rings. The summed E-state index contributed by atoms with van der Waals surface area (Å²) in [5.74, 6) is 0.696. The number of rotatable bonds is 7. The molecule has 1 saturated carbocycles. The molecule has 1 fully saturated rings. The van der Waals surface area contributed by atoms with E-state index < -0.39 is 0 Å². The number of nitrogens with one attached hydrogen (secondary N) is 3. The molecule has 168 valence electrons. The van der Waals surface area contributed by atoms with Crippen molar-refractivity contribution in [2.75, 3.05) is 22.9 Å². The molecule has 0 spiro atoms. The molecule has 1 aliphatic carbocycles. The van der Waals surface area contributed by atoms with E-state index >= 15 is 0 Å². The van der Waals surface area contributed by atoms with E-state index in [1.165, 1.54) is 43.9 Å². The van der Waals surface area contributed by atoms with Gasteiger partial charge in [0.2, 0.25) is 11.8 Å². The lowest BCUT2D eigenvalue weighted by Crippen LogP contribution is -2.31. The predicted molar refractivity (Wildman–Crippen MR) is 128 cm³/mol. The van der Waals surface area contributed by atoms with Gasteiger partial charge in [-0.1, -0.05) is 31.4 Å². The van der Waals surface area contributed by atoms with Crippen LogP contribution in [0.3, 0.4) is 0 Å². The average molecular weight is 452 g/mol. The van der Waals surface area contributed by atoms with Crippen LogP contribution in [0.5, 0.6) is 0 Å². The van der Waals surface area contributed by atoms with Gasteiger partial charge in [-0.05, 0) is 61.1 Å². The Kier molecular flexibility index (Phi) is 7.47. The first-order valence-corrected chi connectivity index (χ1v) is 12.3. The number of carbonyl (C=O) groups excluding carboxylic acids is 3. The van der Waals surface area contributed by atoms with E-state index in [4.69, 9.17) is 0 Å². The number of thioether (sulfide) groups is 1. The second kappa shape index (κ2) is 10.7. The summed E-state index contributed by atoms with van der Waals surface area (Å²) in [5, 5.41) is 8.85. The lowest BCUT2D eigenvalue weighted by molar-refractivity contribution is -0.119. The molecule has 2 aromatic carbocycles. The van der Waals surface area contributed by atoms with Gasteiger partial charge in [-0.25, -0.2) is 0 Å². The van der Waals surface area contributed by atoms with Crippen molar-refractivity contribution in [3.8, 4) is 0 Å². The summed E-state index contributed by atoms with van der Waals surface area (Å²) in [7, 11) is 0. The average Bonchev–Trinajstić information content (AvgIpc) is 2.82. The Labute approximate surface area is 192 Å². The molecule has 4 rings (SSSR count). The number of hydrogen-bond acceptors (Lipinski definition) is 4. The molecule has 0 radical (unpaired) electrons. The molecule has 3 N–H and O–H groups in total. The monoisotopic (exact) mass is 451 g/mol. The van der Waals surface area contributed by atoms with Gasteiger partial charge in [-0.3, -0.25) is 14.4 Å². The number of benzene rings is 2. The highest BCUT2D eigenvalue weighted by Gasteiger charge is 2.18. The molecule has 0 atom stereocenters. The van der Waals surface area contributed by atoms with Gasteiger partial charge in [0.15, 0.2) is 0 Å². The van der Waals surface area contributed by atoms with Crippen molar-refractivity contribution in [1.29, 1.82) is 0 Å². The molecule has 0 aromatic heterocycles. The Hall–Kier alpha value is -2.80. The Bertz CT molecular complexity index is 1000. The summed E-state index contributed by atoms with van der Waals surface area (Å²) in [6.45, 7) is 0.750. The molecule has 32 heavy (non-hydrogen) atoms. The van der Waals surface area contributed by atoms with Crippen molar-refractivity contribution >= 4 is 40.9 Å². The number of hydrogen-bond donors (Lipinski definition) is 3. The second-order valence-corrected chi connectivity index (χ2v) is 9.48. The minimum absolute atomic E-state index is 0.00696. The fraction of sp³-hybridized carbons (Fsp3) is 0.400. The Morgan fingerprint density at radius 1 is 1.03 bits per heavy atom. The lowest BCUT2D eigenvalue weighted by atomic mass is 9.89. The first-order valence-electron chi connectivity index (χ1n) is 11.3. The zero-order chi connectivity index (χ0) is 22.3. The normalized spacial score (nSPS) is 16.1. The third-order valence-corrected chi connectivity index (χ3v) is 7.14. The molecule has 7 heteroatoms. The first-order chi connectivity index (χ1) is 15.6. The summed E-state index contributed by atoms with van der Waals surface area (Å²) >= 11 is 1.38. The summed E-state index contributed by atoms with van der Waals surface area (Å²) in [6, 6.07) is 12.9. The van der Waals surface area contributed by atoms with Crippen LogP contribution in [0.4, 0.5) is 11.4 Å². The Balaban J connectivity index is 1.33. The molecule has 1 aliphatic heterocycles. The van der Waals surface area contributed by atoms with Gasteiger partial charge in [0, 0.05) is 29.2 Å². The molecule has 2 aromatic rings. The fourth-order valence-electron chi connectivity index (χ4n) is 4.28. The second-order valence-electron chi connectivity index (χ2n) is 8.47. The van der Waals surface area contributed by atoms with Gasteiger partial charge in [0.1, 0.15) is 0 Å². The Morgan fingerprint density at radius 3 is 2.69 bits per heavy atom. The third kappa shape index (κ3) is 5.91. The maximum absolute atomic E-state index is 12.9. The summed E-state index contributed by atoms with van der Waals surface area (Å²) in [6.07, 6.45) is 7.34. The Morgan fingerprint density at radius 2 is 1.84 bits per heavy atom. The van der Waals surface area contributed by atoms with Crippen molar-refractivity contribution in [3.05, 3.63) is 53.6 Å². The number of fused-ring (bicyclic) bond motifs is 1. The van der Waals surface area contributed by atoms with Crippen LogP contribution < -0.4 is 16.0 Å². The van der Waals surface area contributed by atoms with E-state index in [0.29, 0.717) is 30.0 Å². The standard InChI is InChI=1S/C25H29N3O3S/c29-23-13-10-18-14-19(11-12-21(18)28-23)27-25(31)20-8-4-5-9-22(20)32-16-24(30)26-15-17-6-2-1-3-7-17/h4-5,8-9,11-12,14,17H,1-3,6-7,10,13,15-16H2,(H,26,30)(H,27,31)(H,28,29). The third-order valence-electron chi connectivity index (χ3n) is 6.06. The van der Waals surface area contributed by atoms with Crippen LogP contribution in [-0.4, -0.2) is 30.0 Å². The van der Waals surface area contributed by atoms with Gasteiger partial charge in [0.25, 0.3) is 5.91 Å². The largest absolute Gasteiger partial charge is 0.355 e. The highest BCUT2D eigenvalue weighted by Crippen LogP contribution is 2.28. The van der Waals surface area contributed by atoms with Gasteiger partial charge in [-0.2, -0.15) is 0 Å². The lowest BCUT2D eigenvalue weighted by Gasteiger charge is -2.21. The van der Waals surface area contributed by atoms with Gasteiger partial charge < -0.3 is 16.0 Å². The highest BCUT2D eigenvalue weighted by molar-refractivity contribution is 8.00. The van der Waals surface area contributed by atoms with Crippen LogP contribution in [0, 0.1) is 5.92 Å². The smallest absolute Gasteiger partial charge is 0.256 e. The summed E-state index contributed by atoms with van der Waals surface area (Å²) in [5.41, 5.74) is 3.05. The molecular weight excluding hydrogens is 422 g/mol. The predicted octanol–water partition coefficient (Wildman–Crippen LogP) is 4.61. The fourth-order valence-corrected chi connectivity index (χ4v) is 5.16. The molecule has 1 heterocycles. The number of anilines is 2. The minimum Gasteiger partial charge on any atom is -0.355 e. The van der Waals surface area contributed by atoms with Crippen molar-refractivity contribution in [1.82, 2.24) is 5.32 Å². The highest BCUT2D eigenvalue weighted by atomic mass is 32.2. The minimum atomic E-state index is -0.212. The number of aryl methyl sites for hydroxylation is 1. The van der Waals surface area contributed by atoms with Crippen LogP contribution in [0.15, 0.2) is 47.4 Å². The van der Waals surface area contributed by atoms with Crippen molar-refractivity contribution in [3.63, 3.8) is 0 Å². The first kappa shape index (κ1) is 22.4. The SMILES string of the molecule is O=C(CSc1ccccc1C(=O)Nc1ccc2c(c1)CCC(=O)N2)NCC1CCCCC1. The van der Waals surface area contributed by atoms with E-state index in [1.54, 1.807) is 12.1 Å². The van der Waals surface area contributed by atoms with E-state index in [9.17, 15) is 14.4 Å². The molecule has 0 bridgehead atoms. The van der Waals surface area contributed by atoms with E-state index in [-0.39, 0.29) is 23.5 Å². The van der Waals surface area contributed by atoms with E-state index in [0.717, 1.165) is 22.7 Å². The van der Waals surface area contributed by atoms with Crippen LogP contribution in [0.25, 0.3) is 0 Å². The van der Waals surface area contributed by atoms with Crippen LogP contribution >= 0.6 is 11.8 Å². The van der Waals surface area contributed by atoms with Crippen molar-refractivity contribution in [2.24, 2.45) is 5.92 Å². The molecule has 0 saturated heterocycles. The topological polar surface area (TPSA) is 87.3 Å². The van der Waals surface area contributed by atoms with Crippen LogP contribution in [0.2, 0.25) is 0 Å². The molecule has 0 unspecified atom stereocenters. The van der Waals surface area contributed by atoms with E-state index in [1.807, 2.05) is 30.3 Å². The van der Waals surface area contributed by atoms with Gasteiger partial charge in [0.05, 0.1) is 11.3 Å². The van der Waals surface area contributed by atoms with Crippen molar-refractivity contribution < 1.29 is 14.4 Å². The molecule has 3 amide bonds. The van der Waals surface area contributed by atoms with E-state index in [2.05, 4.69) is 16.0 Å². The summed E-state index contributed by atoms with van der Waals surface area (Å²) in [4.78, 5) is 37.6. The van der Waals surface area contributed by atoms with Crippen molar-refractivity contribution in [2.45, 2.75) is 49.8 Å². The zero-order valence-electron chi connectivity index (χ0n) is 18.1. The van der Waals surface area contributed by atoms with Gasteiger partial charge in [-0.15, -0.1) is 11.8 Å². The zero-order valence-corrected chi connectivity index (χ0v) is 18.9. The number of amides is 3.